The topological polar surface area (TPSA) is 49.7 Å². The second kappa shape index (κ2) is 9.84. The van der Waals surface area contributed by atoms with Crippen LogP contribution in [0.4, 0.5) is 0 Å². The average Bonchev–Trinajstić information content (AvgIpc) is 2.39. The van der Waals surface area contributed by atoms with E-state index in [-0.39, 0.29) is 13.2 Å². The second-order valence-electron chi connectivity index (χ2n) is 3.49. The minimum absolute atomic E-state index is 0.0886. The monoisotopic (exact) mass is 266 g/mol. The number of hydrogen-bond donors (Lipinski definition) is 2. The Balaban J connectivity index is 2.38. The molecule has 1 aromatic carbocycles. The van der Waals surface area contributed by atoms with E-state index < -0.39 is 0 Å². The van der Waals surface area contributed by atoms with E-state index in [1.54, 1.807) is 11.8 Å². The molecular weight excluding hydrogens is 248 g/mol. The van der Waals surface area contributed by atoms with Crippen LogP contribution < -0.4 is 4.74 Å². The molecule has 0 saturated carbocycles. The van der Waals surface area contributed by atoms with E-state index >= 15 is 0 Å². The van der Waals surface area contributed by atoms with Gasteiger partial charge >= 0.3 is 0 Å². The minimum atomic E-state index is 0.0886. The molecule has 0 aliphatic carbocycles. The number of ether oxygens (including phenoxy) is 1. The summed E-state index contributed by atoms with van der Waals surface area (Å²) < 4.78 is 5.58. The second-order valence-corrected chi connectivity index (χ2v) is 4.71. The van der Waals surface area contributed by atoms with Crippen LogP contribution in [-0.4, -0.2) is 41.5 Å². The van der Waals surface area contributed by atoms with Gasteiger partial charge in [-0.15, -0.1) is 0 Å². The zero-order valence-corrected chi connectivity index (χ0v) is 11.1. The summed E-state index contributed by atoms with van der Waals surface area (Å²) in [5, 5.41) is 17.3. The molecule has 98 valence electrons. The Kier molecular flexibility index (Phi) is 8.15. The van der Waals surface area contributed by atoms with Crippen LogP contribution in [0.25, 0.3) is 0 Å². The van der Waals surface area contributed by atoms with Crippen molar-refractivity contribution in [3.8, 4) is 17.6 Å². The van der Waals surface area contributed by atoms with Crippen LogP contribution in [0.5, 0.6) is 5.75 Å². The van der Waals surface area contributed by atoms with Gasteiger partial charge < -0.3 is 14.9 Å². The highest BCUT2D eigenvalue weighted by atomic mass is 32.2. The summed E-state index contributed by atoms with van der Waals surface area (Å²) in [4.78, 5) is 0. The molecule has 3 nitrogen and oxygen atoms in total. The lowest BCUT2D eigenvalue weighted by Crippen LogP contribution is -2.01. The summed E-state index contributed by atoms with van der Waals surface area (Å²) >= 11 is 1.66. The van der Waals surface area contributed by atoms with Crippen LogP contribution in [-0.2, 0) is 0 Å². The summed E-state index contributed by atoms with van der Waals surface area (Å²) in [6.07, 6.45) is 0.489. The van der Waals surface area contributed by atoms with Crippen molar-refractivity contribution in [2.75, 3.05) is 31.3 Å². The van der Waals surface area contributed by atoms with Crippen molar-refractivity contribution >= 4 is 11.8 Å². The molecule has 0 saturated heterocycles. The fraction of sp³-hybridized carbons (Fsp3) is 0.429. The molecule has 1 rings (SSSR count). The third kappa shape index (κ3) is 6.55. The van der Waals surface area contributed by atoms with Crippen molar-refractivity contribution in [3.05, 3.63) is 29.8 Å². The largest absolute Gasteiger partial charge is 0.493 e. The maximum atomic E-state index is 8.64. The fourth-order valence-corrected chi connectivity index (χ4v) is 1.80. The molecule has 0 heterocycles. The number of rotatable bonds is 7. The predicted octanol–water partition coefficient (Wildman–Crippen LogP) is 1.52. The molecule has 0 unspecified atom stereocenters. The van der Waals surface area contributed by atoms with Crippen molar-refractivity contribution in [2.45, 2.75) is 6.42 Å². The van der Waals surface area contributed by atoms with E-state index in [4.69, 9.17) is 14.9 Å². The SMILES string of the molecule is OCCC#Cc1cccc(OCCSCCO)c1. The van der Waals surface area contributed by atoms with E-state index in [0.29, 0.717) is 13.0 Å². The maximum absolute atomic E-state index is 8.64. The quantitative estimate of drug-likeness (QED) is 0.580. The molecule has 0 fully saturated rings. The van der Waals surface area contributed by atoms with Crippen LogP contribution in [0, 0.1) is 11.8 Å². The standard InChI is InChI=1S/C14H18O3S/c15-7-2-1-4-13-5-3-6-14(12-13)17-9-11-18-10-8-16/h3,5-6,12,15-16H,2,7-11H2. The lowest BCUT2D eigenvalue weighted by Gasteiger charge is -2.05. The Morgan fingerprint density at radius 2 is 2.06 bits per heavy atom. The molecule has 0 aromatic heterocycles. The molecule has 0 radical (unpaired) electrons. The zero-order chi connectivity index (χ0) is 13.1. The van der Waals surface area contributed by atoms with Crippen molar-refractivity contribution < 1.29 is 14.9 Å². The molecule has 0 bridgehead atoms. The van der Waals surface area contributed by atoms with Crippen molar-refractivity contribution in [3.63, 3.8) is 0 Å². The molecule has 0 amide bonds. The number of aliphatic hydroxyl groups excluding tert-OH is 2. The Bertz CT molecular complexity index is 396. The first-order valence-electron chi connectivity index (χ1n) is 5.88. The summed E-state index contributed by atoms with van der Waals surface area (Å²) in [6.45, 7) is 0.921. The summed E-state index contributed by atoms with van der Waals surface area (Å²) in [5.74, 6) is 8.25. The molecule has 2 N–H and O–H groups in total. The number of thioether (sulfide) groups is 1. The molecule has 4 heteroatoms. The lowest BCUT2D eigenvalue weighted by molar-refractivity contribution is 0.305. The predicted molar refractivity (Wildman–Crippen MR) is 74.9 cm³/mol. The van der Waals surface area contributed by atoms with E-state index in [9.17, 15) is 0 Å². The van der Waals surface area contributed by atoms with Gasteiger partial charge in [-0.05, 0) is 18.2 Å². The normalized spacial score (nSPS) is 9.67. The Hall–Kier alpha value is -1.15. The fourth-order valence-electron chi connectivity index (χ4n) is 1.27. The van der Waals surface area contributed by atoms with E-state index in [1.165, 1.54) is 0 Å². The van der Waals surface area contributed by atoms with Gasteiger partial charge in [-0.2, -0.15) is 11.8 Å². The summed E-state index contributed by atoms with van der Waals surface area (Å²) in [6, 6.07) is 7.60. The Morgan fingerprint density at radius 1 is 1.17 bits per heavy atom. The Morgan fingerprint density at radius 3 is 2.83 bits per heavy atom. The smallest absolute Gasteiger partial charge is 0.120 e. The molecule has 18 heavy (non-hydrogen) atoms. The van der Waals surface area contributed by atoms with Crippen molar-refractivity contribution in [1.82, 2.24) is 0 Å². The van der Waals surface area contributed by atoms with Gasteiger partial charge in [0.15, 0.2) is 0 Å². The van der Waals surface area contributed by atoms with E-state index in [0.717, 1.165) is 22.8 Å². The highest BCUT2D eigenvalue weighted by Gasteiger charge is 1.95. The van der Waals surface area contributed by atoms with Gasteiger partial charge in [-0.3, -0.25) is 0 Å². The van der Waals surface area contributed by atoms with E-state index in [2.05, 4.69) is 11.8 Å². The van der Waals surface area contributed by atoms with Gasteiger partial charge in [0, 0.05) is 23.5 Å². The van der Waals surface area contributed by atoms with Crippen LogP contribution in [0.3, 0.4) is 0 Å². The molecule has 0 aliphatic heterocycles. The van der Waals surface area contributed by atoms with Crippen molar-refractivity contribution in [2.24, 2.45) is 0 Å². The van der Waals surface area contributed by atoms with Gasteiger partial charge in [0.05, 0.1) is 19.8 Å². The van der Waals surface area contributed by atoms with Crippen molar-refractivity contribution in [1.29, 1.82) is 0 Å². The van der Waals surface area contributed by atoms with Crippen LogP contribution in [0.1, 0.15) is 12.0 Å². The average molecular weight is 266 g/mol. The number of benzene rings is 1. The number of aliphatic hydroxyl groups is 2. The molecule has 0 atom stereocenters. The van der Waals surface area contributed by atoms with Crippen LogP contribution in [0.2, 0.25) is 0 Å². The molecule has 0 spiro atoms. The van der Waals surface area contributed by atoms with Gasteiger partial charge in [0.1, 0.15) is 5.75 Å². The molecule has 0 aliphatic rings. The third-order valence-corrected chi connectivity index (χ3v) is 2.96. The van der Waals surface area contributed by atoms with Crippen LogP contribution in [0.15, 0.2) is 24.3 Å². The van der Waals surface area contributed by atoms with E-state index in [1.807, 2.05) is 24.3 Å². The van der Waals surface area contributed by atoms with Crippen LogP contribution >= 0.6 is 11.8 Å². The number of hydrogen-bond acceptors (Lipinski definition) is 4. The minimum Gasteiger partial charge on any atom is -0.493 e. The summed E-state index contributed by atoms with van der Waals surface area (Å²) in [7, 11) is 0. The highest BCUT2D eigenvalue weighted by molar-refractivity contribution is 7.99. The molecule has 1 aromatic rings. The van der Waals surface area contributed by atoms with Gasteiger partial charge in [0.2, 0.25) is 0 Å². The van der Waals surface area contributed by atoms with Gasteiger partial charge in [-0.1, -0.05) is 17.9 Å². The third-order valence-electron chi connectivity index (χ3n) is 2.04. The molecular formula is C14H18O3S. The Labute approximate surface area is 112 Å². The summed E-state index contributed by atoms with van der Waals surface area (Å²) in [5.41, 5.74) is 0.893. The first-order valence-corrected chi connectivity index (χ1v) is 7.03. The zero-order valence-electron chi connectivity index (χ0n) is 10.3. The van der Waals surface area contributed by atoms with Gasteiger partial charge in [-0.25, -0.2) is 0 Å². The highest BCUT2D eigenvalue weighted by Crippen LogP contribution is 2.13. The first kappa shape index (κ1) is 14.9. The first-order chi connectivity index (χ1) is 8.86. The maximum Gasteiger partial charge on any atom is 0.120 e. The lowest BCUT2D eigenvalue weighted by atomic mass is 10.2. The van der Waals surface area contributed by atoms with Gasteiger partial charge in [0.25, 0.3) is 0 Å².